The molecule has 6 heteroatoms. The minimum absolute atomic E-state index is 0.0346. The van der Waals surface area contributed by atoms with E-state index in [4.69, 9.17) is 0 Å². The third-order valence-electron chi connectivity index (χ3n) is 5.02. The van der Waals surface area contributed by atoms with Gasteiger partial charge in [-0.15, -0.1) is 0 Å². The van der Waals surface area contributed by atoms with E-state index in [1.54, 1.807) is 12.1 Å². The Labute approximate surface area is 150 Å². The first-order valence-corrected chi connectivity index (χ1v) is 10.7. The Bertz CT molecular complexity index is 728. The second-order valence-electron chi connectivity index (χ2n) is 6.90. The van der Waals surface area contributed by atoms with Crippen molar-refractivity contribution in [2.75, 3.05) is 19.6 Å². The molecule has 1 unspecified atom stereocenters. The van der Waals surface area contributed by atoms with E-state index in [1.807, 2.05) is 23.1 Å². The van der Waals surface area contributed by atoms with E-state index >= 15 is 0 Å². The van der Waals surface area contributed by atoms with Crippen molar-refractivity contribution in [1.82, 2.24) is 9.62 Å². The van der Waals surface area contributed by atoms with Crippen LogP contribution in [-0.4, -0.2) is 38.9 Å². The molecule has 1 aromatic rings. The first-order chi connectivity index (χ1) is 12.0. The molecule has 1 aromatic carbocycles. The minimum atomic E-state index is -3.41. The maximum Gasteiger partial charge on any atom is 0.224 e. The van der Waals surface area contributed by atoms with Gasteiger partial charge in [-0.1, -0.05) is 42.0 Å². The van der Waals surface area contributed by atoms with E-state index in [0.29, 0.717) is 5.92 Å². The van der Waals surface area contributed by atoms with E-state index in [-0.39, 0.29) is 24.6 Å². The Kier molecular flexibility index (Phi) is 5.91. The molecule has 0 radical (unpaired) electrons. The molecule has 136 valence electrons. The largest absolute Gasteiger partial charge is 0.339 e. The van der Waals surface area contributed by atoms with Crippen molar-refractivity contribution in [2.24, 2.45) is 5.92 Å². The lowest BCUT2D eigenvalue weighted by molar-refractivity contribution is -0.131. The Balaban J connectivity index is 1.45. The highest BCUT2D eigenvalue weighted by Gasteiger charge is 2.27. The van der Waals surface area contributed by atoms with Crippen LogP contribution in [-0.2, 0) is 20.6 Å². The topological polar surface area (TPSA) is 66.5 Å². The van der Waals surface area contributed by atoms with Gasteiger partial charge < -0.3 is 4.90 Å². The molecule has 3 rings (SSSR count). The summed E-state index contributed by atoms with van der Waals surface area (Å²) < 4.78 is 26.7. The Morgan fingerprint density at radius 1 is 1.20 bits per heavy atom. The molecule has 1 N–H and O–H groups in total. The van der Waals surface area contributed by atoms with Gasteiger partial charge in [0.25, 0.3) is 0 Å². The lowest BCUT2D eigenvalue weighted by atomic mass is 9.82. The monoisotopic (exact) mass is 362 g/mol. The zero-order chi connectivity index (χ0) is 17.7. The third kappa shape index (κ3) is 5.16. The summed E-state index contributed by atoms with van der Waals surface area (Å²) in [7, 11) is -3.41. The Morgan fingerprint density at radius 2 is 2.00 bits per heavy atom. The number of sulfonamides is 1. The molecule has 0 bridgehead atoms. The van der Waals surface area contributed by atoms with Crippen LogP contribution in [0.1, 0.15) is 37.7 Å². The highest BCUT2D eigenvalue weighted by Crippen LogP contribution is 2.31. The van der Waals surface area contributed by atoms with Gasteiger partial charge in [0, 0.05) is 26.1 Å². The van der Waals surface area contributed by atoms with Gasteiger partial charge >= 0.3 is 0 Å². The number of hydrogen-bond donors (Lipinski definition) is 1. The van der Waals surface area contributed by atoms with Crippen LogP contribution in [0.15, 0.2) is 42.0 Å². The molecule has 1 heterocycles. The van der Waals surface area contributed by atoms with Crippen LogP contribution >= 0.6 is 0 Å². The number of benzene rings is 1. The molecule has 5 nitrogen and oxygen atoms in total. The molecule has 1 amide bonds. The van der Waals surface area contributed by atoms with Crippen LogP contribution in [0.4, 0.5) is 0 Å². The summed E-state index contributed by atoms with van der Waals surface area (Å²) in [6.07, 6.45) is 7.16. The van der Waals surface area contributed by atoms with Crippen molar-refractivity contribution < 1.29 is 13.2 Å². The molecule has 0 spiro atoms. The van der Waals surface area contributed by atoms with Crippen LogP contribution in [0.5, 0.6) is 0 Å². The van der Waals surface area contributed by atoms with Gasteiger partial charge in [0.2, 0.25) is 15.9 Å². The van der Waals surface area contributed by atoms with Crippen molar-refractivity contribution in [2.45, 2.75) is 37.9 Å². The highest BCUT2D eigenvalue weighted by molar-refractivity contribution is 7.88. The smallest absolute Gasteiger partial charge is 0.224 e. The molecule has 0 saturated carbocycles. The third-order valence-corrected chi connectivity index (χ3v) is 6.38. The average Bonchev–Trinajstić information content (AvgIpc) is 2.61. The Morgan fingerprint density at radius 3 is 2.80 bits per heavy atom. The number of hydrogen-bond acceptors (Lipinski definition) is 3. The first kappa shape index (κ1) is 18.1. The summed E-state index contributed by atoms with van der Waals surface area (Å²) in [6, 6.07) is 9.06. The molecule has 25 heavy (non-hydrogen) atoms. The number of rotatable bonds is 6. The van der Waals surface area contributed by atoms with E-state index in [9.17, 15) is 13.2 Å². The fourth-order valence-corrected chi connectivity index (χ4v) is 4.81. The van der Waals surface area contributed by atoms with Gasteiger partial charge in [-0.05, 0) is 37.2 Å². The van der Waals surface area contributed by atoms with E-state index in [2.05, 4.69) is 10.8 Å². The highest BCUT2D eigenvalue weighted by atomic mass is 32.2. The molecule has 1 saturated heterocycles. The van der Waals surface area contributed by atoms with Crippen LogP contribution in [0.2, 0.25) is 0 Å². The number of carbonyl (C=O) groups is 1. The summed E-state index contributed by atoms with van der Waals surface area (Å²) >= 11 is 0. The lowest BCUT2D eigenvalue weighted by Gasteiger charge is -2.36. The number of carbonyl (C=O) groups excluding carboxylic acids is 1. The average molecular weight is 362 g/mol. The van der Waals surface area contributed by atoms with Crippen LogP contribution in [0, 0.1) is 5.92 Å². The van der Waals surface area contributed by atoms with Crippen molar-refractivity contribution >= 4 is 15.9 Å². The quantitative estimate of drug-likeness (QED) is 0.791. The van der Waals surface area contributed by atoms with Crippen molar-refractivity contribution in [3.63, 3.8) is 0 Å². The summed E-state index contributed by atoms with van der Waals surface area (Å²) in [5, 5.41) is 0. The maximum atomic E-state index is 12.4. The first-order valence-electron chi connectivity index (χ1n) is 9.01. The molecule has 2 aliphatic rings. The standard InChI is InChI=1S/C19H26N2O3S/c22-19(21-13-11-17-8-4-5-9-18(17)14-21)10-12-20-25(23,24)15-16-6-2-1-3-7-16/h1-3,6-7,9,17,20H,4-5,8,10-15H2. The van der Waals surface area contributed by atoms with Gasteiger partial charge in [-0.3, -0.25) is 4.79 Å². The van der Waals surface area contributed by atoms with Crippen LogP contribution in [0.25, 0.3) is 0 Å². The summed E-state index contributed by atoms with van der Waals surface area (Å²) in [5.41, 5.74) is 2.14. The Hall–Kier alpha value is -1.66. The van der Waals surface area contributed by atoms with Crippen molar-refractivity contribution in [1.29, 1.82) is 0 Å². The number of likely N-dealkylation sites (tertiary alicyclic amines) is 1. The number of amides is 1. The van der Waals surface area contributed by atoms with E-state index in [0.717, 1.165) is 31.5 Å². The summed E-state index contributed by atoms with van der Waals surface area (Å²) in [4.78, 5) is 14.3. The van der Waals surface area contributed by atoms with Crippen LogP contribution in [0.3, 0.4) is 0 Å². The molecule has 0 aromatic heterocycles. The number of fused-ring (bicyclic) bond motifs is 1. The molecule has 1 fully saturated rings. The van der Waals surface area contributed by atoms with E-state index in [1.165, 1.54) is 18.4 Å². The summed E-state index contributed by atoms with van der Waals surface area (Å²) in [5.74, 6) is 0.634. The number of allylic oxidation sites excluding steroid dienone is 1. The number of nitrogens with one attached hydrogen (secondary N) is 1. The maximum absolute atomic E-state index is 12.4. The molecular weight excluding hydrogens is 336 g/mol. The minimum Gasteiger partial charge on any atom is -0.339 e. The molecule has 1 aliphatic heterocycles. The SMILES string of the molecule is O=C(CCNS(=O)(=O)Cc1ccccc1)N1CCC2CCCC=C2C1. The second-order valence-corrected chi connectivity index (χ2v) is 8.71. The van der Waals surface area contributed by atoms with Crippen LogP contribution < -0.4 is 4.72 Å². The normalized spacial score (nSPS) is 20.7. The van der Waals surface area contributed by atoms with Gasteiger partial charge in [-0.2, -0.15) is 0 Å². The second kappa shape index (κ2) is 8.15. The van der Waals surface area contributed by atoms with E-state index < -0.39 is 10.0 Å². The van der Waals surface area contributed by atoms with Gasteiger partial charge in [0.1, 0.15) is 0 Å². The molecule has 1 atom stereocenters. The van der Waals surface area contributed by atoms with Gasteiger partial charge in [0.05, 0.1) is 5.75 Å². The van der Waals surface area contributed by atoms with Crippen molar-refractivity contribution in [3.8, 4) is 0 Å². The molecule has 1 aliphatic carbocycles. The number of piperidine rings is 1. The fourth-order valence-electron chi connectivity index (χ4n) is 3.67. The molecular formula is C19H26N2O3S. The predicted octanol–water partition coefficient (Wildman–Crippen LogP) is 2.45. The lowest BCUT2D eigenvalue weighted by Crippen LogP contribution is -2.41. The zero-order valence-corrected chi connectivity index (χ0v) is 15.3. The predicted molar refractivity (Wildman–Crippen MR) is 98.3 cm³/mol. The fraction of sp³-hybridized carbons (Fsp3) is 0.526. The summed E-state index contributed by atoms with van der Waals surface area (Å²) in [6.45, 7) is 1.67. The van der Waals surface area contributed by atoms with Crippen molar-refractivity contribution in [3.05, 3.63) is 47.5 Å². The van der Waals surface area contributed by atoms with Gasteiger partial charge in [0.15, 0.2) is 0 Å². The van der Waals surface area contributed by atoms with Gasteiger partial charge in [-0.25, -0.2) is 13.1 Å². The zero-order valence-electron chi connectivity index (χ0n) is 14.5. The number of nitrogens with zero attached hydrogens (tertiary/aromatic N) is 1.